The van der Waals surface area contributed by atoms with Gasteiger partial charge in [0.15, 0.2) is 0 Å². The molecule has 0 bridgehead atoms. The number of urea groups is 1. The molecule has 0 unspecified atom stereocenters. The molecule has 8 heteroatoms. The molecule has 0 saturated carbocycles. The maximum absolute atomic E-state index is 13.4. The first-order valence-electron chi connectivity index (χ1n) is 7.42. The average Bonchev–Trinajstić information content (AvgIpc) is 2.61. The summed E-state index contributed by atoms with van der Waals surface area (Å²) in [5.41, 5.74) is -0.164. The van der Waals surface area contributed by atoms with Crippen LogP contribution in [0.4, 0.5) is 19.3 Å². The van der Waals surface area contributed by atoms with E-state index in [1.54, 1.807) is 31.4 Å². The van der Waals surface area contributed by atoms with Gasteiger partial charge in [0, 0.05) is 12.6 Å². The number of carbonyl (C=O) groups is 1. The number of carbonyl (C=O) groups excluding carboxylic acids is 1. The monoisotopic (exact) mass is 352 g/mol. The van der Waals surface area contributed by atoms with E-state index in [2.05, 4.69) is 10.6 Å². The molecule has 0 fully saturated rings. The van der Waals surface area contributed by atoms with Gasteiger partial charge in [0.2, 0.25) is 0 Å². The summed E-state index contributed by atoms with van der Waals surface area (Å²) in [4.78, 5) is 11.7. The molecule has 0 aromatic heterocycles. The van der Waals surface area contributed by atoms with Crippen LogP contribution in [-0.4, -0.2) is 37.5 Å². The second-order valence-electron chi connectivity index (χ2n) is 5.10. The molecule has 0 aliphatic carbocycles. The van der Waals surface area contributed by atoms with Crippen molar-refractivity contribution in [3.8, 4) is 11.5 Å². The van der Waals surface area contributed by atoms with Crippen molar-refractivity contribution >= 4 is 11.7 Å². The number of rotatable bonds is 7. The lowest BCUT2D eigenvalue weighted by atomic mass is 10.3. The van der Waals surface area contributed by atoms with Crippen molar-refractivity contribution in [1.82, 2.24) is 5.32 Å². The van der Waals surface area contributed by atoms with Gasteiger partial charge in [-0.05, 0) is 36.4 Å². The highest BCUT2D eigenvalue weighted by Crippen LogP contribution is 2.17. The number of nitrogens with one attached hydrogen (secondary N) is 2. The zero-order valence-corrected chi connectivity index (χ0v) is 13.5. The lowest BCUT2D eigenvalue weighted by molar-refractivity contribution is 0.108. The summed E-state index contributed by atoms with van der Waals surface area (Å²) in [5.74, 6) is -0.412. The summed E-state index contributed by atoms with van der Waals surface area (Å²) in [7, 11) is 1.55. The molecule has 0 aliphatic heterocycles. The third-order valence-corrected chi connectivity index (χ3v) is 3.18. The summed E-state index contributed by atoms with van der Waals surface area (Å²) in [5, 5.41) is 14.4. The minimum Gasteiger partial charge on any atom is -0.497 e. The van der Waals surface area contributed by atoms with Crippen LogP contribution in [0.5, 0.6) is 11.5 Å². The summed E-state index contributed by atoms with van der Waals surface area (Å²) in [6.07, 6.45) is -0.967. The first kappa shape index (κ1) is 18.5. The molecule has 3 N–H and O–H groups in total. The Morgan fingerprint density at radius 2 is 1.84 bits per heavy atom. The Bertz CT molecular complexity index is 710. The number of hydrogen-bond donors (Lipinski definition) is 3. The largest absolute Gasteiger partial charge is 0.497 e. The SMILES string of the molecule is COc1ccc(OC[C@@H](O)CNC(=O)Nc2ccc(F)cc2F)cc1. The number of halogens is 2. The van der Waals surface area contributed by atoms with Crippen LogP contribution in [0.25, 0.3) is 0 Å². The molecule has 0 radical (unpaired) electrons. The Kier molecular flexibility index (Phi) is 6.53. The Morgan fingerprint density at radius 1 is 1.16 bits per heavy atom. The van der Waals surface area contributed by atoms with E-state index in [0.29, 0.717) is 17.6 Å². The number of methoxy groups -OCH3 is 1. The fraction of sp³-hybridized carbons (Fsp3) is 0.235. The number of anilines is 1. The standard InChI is InChI=1S/C17H18F2N2O4/c1-24-13-3-5-14(6-4-13)25-10-12(22)9-20-17(23)21-16-7-2-11(18)8-15(16)19/h2-8,12,22H,9-10H2,1H3,(H2,20,21,23)/t12-/m0/s1. The molecule has 1 atom stereocenters. The average molecular weight is 352 g/mol. The normalized spacial score (nSPS) is 11.5. The van der Waals surface area contributed by atoms with E-state index < -0.39 is 23.8 Å². The van der Waals surface area contributed by atoms with Crippen molar-refractivity contribution in [3.05, 3.63) is 54.1 Å². The van der Waals surface area contributed by atoms with Crippen molar-refractivity contribution in [2.24, 2.45) is 0 Å². The Labute approximate surface area is 143 Å². The molecule has 2 aromatic rings. The van der Waals surface area contributed by atoms with E-state index in [0.717, 1.165) is 12.1 Å². The lowest BCUT2D eigenvalue weighted by Gasteiger charge is -2.14. The van der Waals surface area contributed by atoms with E-state index >= 15 is 0 Å². The minimum atomic E-state index is -0.967. The smallest absolute Gasteiger partial charge is 0.319 e. The molecule has 134 valence electrons. The fourth-order valence-corrected chi connectivity index (χ4v) is 1.89. The second-order valence-corrected chi connectivity index (χ2v) is 5.10. The molecule has 6 nitrogen and oxygen atoms in total. The van der Waals surface area contributed by atoms with E-state index in [1.165, 1.54) is 0 Å². The van der Waals surface area contributed by atoms with Crippen molar-refractivity contribution in [2.75, 3.05) is 25.6 Å². The van der Waals surface area contributed by atoms with Gasteiger partial charge in [0.25, 0.3) is 0 Å². The van der Waals surface area contributed by atoms with Gasteiger partial charge in [-0.1, -0.05) is 0 Å². The first-order chi connectivity index (χ1) is 12.0. The molecule has 2 aromatic carbocycles. The maximum Gasteiger partial charge on any atom is 0.319 e. The number of ether oxygens (including phenoxy) is 2. The lowest BCUT2D eigenvalue weighted by Crippen LogP contribution is -2.37. The highest BCUT2D eigenvalue weighted by molar-refractivity contribution is 5.89. The zero-order valence-electron chi connectivity index (χ0n) is 13.5. The number of amides is 2. The van der Waals surface area contributed by atoms with E-state index in [9.17, 15) is 18.7 Å². The summed E-state index contributed by atoms with van der Waals surface area (Å²) >= 11 is 0. The van der Waals surface area contributed by atoms with Gasteiger partial charge >= 0.3 is 6.03 Å². The molecule has 2 amide bonds. The van der Waals surface area contributed by atoms with Crippen LogP contribution in [0.1, 0.15) is 0 Å². The second kappa shape index (κ2) is 8.84. The van der Waals surface area contributed by atoms with Crippen LogP contribution in [0.15, 0.2) is 42.5 Å². The van der Waals surface area contributed by atoms with Crippen molar-refractivity contribution < 1.29 is 28.2 Å². The number of aliphatic hydroxyl groups is 1. The molecular formula is C17H18F2N2O4. The topological polar surface area (TPSA) is 79.8 Å². The van der Waals surface area contributed by atoms with Gasteiger partial charge in [-0.2, -0.15) is 0 Å². The zero-order chi connectivity index (χ0) is 18.2. The van der Waals surface area contributed by atoms with Crippen LogP contribution >= 0.6 is 0 Å². The Hall–Kier alpha value is -2.87. The van der Waals surface area contributed by atoms with E-state index in [-0.39, 0.29) is 18.8 Å². The molecule has 0 aliphatic rings. The third-order valence-electron chi connectivity index (χ3n) is 3.18. The van der Waals surface area contributed by atoms with Crippen LogP contribution < -0.4 is 20.1 Å². The van der Waals surface area contributed by atoms with Crippen LogP contribution in [0, 0.1) is 11.6 Å². The Balaban J connectivity index is 1.73. The molecular weight excluding hydrogens is 334 g/mol. The number of benzene rings is 2. The Morgan fingerprint density at radius 3 is 2.48 bits per heavy atom. The van der Waals surface area contributed by atoms with Crippen LogP contribution in [0.2, 0.25) is 0 Å². The van der Waals surface area contributed by atoms with Gasteiger partial charge in [0.1, 0.15) is 35.8 Å². The van der Waals surface area contributed by atoms with Gasteiger partial charge in [-0.25, -0.2) is 13.6 Å². The highest BCUT2D eigenvalue weighted by Gasteiger charge is 2.10. The fourth-order valence-electron chi connectivity index (χ4n) is 1.89. The van der Waals surface area contributed by atoms with Gasteiger partial charge in [-0.3, -0.25) is 0 Å². The van der Waals surface area contributed by atoms with E-state index in [4.69, 9.17) is 9.47 Å². The van der Waals surface area contributed by atoms with Gasteiger partial charge in [0.05, 0.1) is 12.8 Å². The predicted molar refractivity (Wildman–Crippen MR) is 87.9 cm³/mol. The summed E-state index contributed by atoms with van der Waals surface area (Å²) in [6.45, 7) is -0.150. The molecule has 25 heavy (non-hydrogen) atoms. The minimum absolute atomic E-state index is 0.0441. The molecule has 0 spiro atoms. The highest BCUT2D eigenvalue weighted by atomic mass is 19.1. The predicted octanol–water partition coefficient (Wildman–Crippen LogP) is 2.53. The molecule has 2 rings (SSSR count). The van der Waals surface area contributed by atoms with Crippen molar-refractivity contribution in [3.63, 3.8) is 0 Å². The van der Waals surface area contributed by atoms with E-state index in [1.807, 2.05) is 0 Å². The third kappa shape index (κ3) is 5.92. The first-order valence-corrected chi connectivity index (χ1v) is 7.42. The summed E-state index contributed by atoms with van der Waals surface area (Å²) < 4.78 is 36.6. The molecule has 0 heterocycles. The maximum atomic E-state index is 13.4. The van der Waals surface area contributed by atoms with Gasteiger partial charge in [-0.15, -0.1) is 0 Å². The van der Waals surface area contributed by atoms with Gasteiger partial charge < -0.3 is 25.2 Å². The van der Waals surface area contributed by atoms with Crippen LogP contribution in [0.3, 0.4) is 0 Å². The number of aliphatic hydroxyl groups excluding tert-OH is 1. The van der Waals surface area contributed by atoms with Crippen LogP contribution in [-0.2, 0) is 0 Å². The van der Waals surface area contributed by atoms with Crippen molar-refractivity contribution in [2.45, 2.75) is 6.10 Å². The number of hydrogen-bond acceptors (Lipinski definition) is 4. The van der Waals surface area contributed by atoms with Crippen molar-refractivity contribution in [1.29, 1.82) is 0 Å². The quantitative estimate of drug-likeness (QED) is 0.715. The summed E-state index contributed by atoms with van der Waals surface area (Å²) in [6, 6.07) is 8.85. The molecule has 0 saturated heterocycles.